The molecule has 0 spiro atoms. The molecule has 27 heavy (non-hydrogen) atoms. The van der Waals surface area contributed by atoms with Gasteiger partial charge in [-0.2, -0.15) is 0 Å². The molecule has 0 radical (unpaired) electrons. The third kappa shape index (κ3) is 5.59. The molecule has 0 heterocycles. The summed E-state index contributed by atoms with van der Waals surface area (Å²) in [5, 5.41) is 3.54. The van der Waals surface area contributed by atoms with E-state index < -0.39 is 0 Å². The van der Waals surface area contributed by atoms with E-state index in [2.05, 4.69) is 103 Å². The van der Waals surface area contributed by atoms with Crippen LogP contribution in [0.2, 0.25) is 0 Å². The van der Waals surface area contributed by atoms with Crippen LogP contribution in [-0.4, -0.2) is 0 Å². The van der Waals surface area contributed by atoms with Crippen molar-refractivity contribution in [1.82, 2.24) is 0 Å². The number of halogens is 3. The lowest BCUT2D eigenvalue weighted by Gasteiger charge is -2.16. The summed E-state index contributed by atoms with van der Waals surface area (Å²) in [7, 11) is 0. The van der Waals surface area contributed by atoms with Gasteiger partial charge in [-0.25, -0.2) is 0 Å². The van der Waals surface area contributed by atoms with Gasteiger partial charge < -0.3 is 10.1 Å². The molecule has 1 N–H and O–H groups in total. The van der Waals surface area contributed by atoms with Crippen LogP contribution in [0.5, 0.6) is 5.75 Å². The fourth-order valence-corrected chi connectivity index (χ4v) is 4.45. The lowest BCUT2D eigenvalue weighted by atomic mass is 10.1. The maximum absolute atomic E-state index is 6.17. The van der Waals surface area contributed by atoms with Crippen LogP contribution in [0.15, 0.2) is 68.0 Å². The smallest absolute Gasteiger partial charge is 0.139 e. The predicted octanol–water partition coefficient (Wildman–Crippen LogP) is 7.78. The molecule has 0 aliphatic heterocycles. The number of hydrogen-bond donors (Lipinski definition) is 1. The van der Waals surface area contributed by atoms with Crippen molar-refractivity contribution < 1.29 is 4.74 Å². The summed E-state index contributed by atoms with van der Waals surface area (Å²) in [4.78, 5) is 0. The molecule has 0 saturated carbocycles. The number of anilines is 1. The zero-order valence-corrected chi connectivity index (χ0v) is 19.9. The van der Waals surface area contributed by atoms with Crippen LogP contribution < -0.4 is 10.1 Å². The quantitative estimate of drug-likeness (QED) is 0.336. The van der Waals surface area contributed by atoms with Crippen LogP contribution >= 0.6 is 47.8 Å². The Morgan fingerprint density at radius 3 is 2.33 bits per heavy atom. The highest BCUT2D eigenvalue weighted by atomic mass is 79.9. The maximum Gasteiger partial charge on any atom is 0.139 e. The van der Waals surface area contributed by atoms with Crippen LogP contribution in [0.4, 0.5) is 5.69 Å². The first-order valence-corrected chi connectivity index (χ1v) is 11.0. The van der Waals surface area contributed by atoms with Crippen molar-refractivity contribution in [3.05, 3.63) is 90.3 Å². The number of aryl methyl sites for hydroxylation is 2. The Bertz CT molecular complexity index is 939. The fourth-order valence-electron chi connectivity index (χ4n) is 2.76. The number of nitrogens with one attached hydrogen (secondary N) is 1. The summed E-state index contributed by atoms with van der Waals surface area (Å²) < 4.78 is 9.19. The molecular formula is C22H20Br3NO. The first-order chi connectivity index (χ1) is 12.9. The Morgan fingerprint density at radius 1 is 0.852 bits per heavy atom. The monoisotopic (exact) mass is 551 g/mol. The van der Waals surface area contributed by atoms with Crippen LogP contribution in [0.1, 0.15) is 22.3 Å². The van der Waals surface area contributed by atoms with Gasteiger partial charge in [-0.1, -0.05) is 56.1 Å². The summed E-state index contributed by atoms with van der Waals surface area (Å²) in [5.41, 5.74) is 5.83. The van der Waals surface area contributed by atoms with Crippen LogP contribution in [0.3, 0.4) is 0 Å². The van der Waals surface area contributed by atoms with Crippen molar-refractivity contribution in [1.29, 1.82) is 0 Å². The van der Waals surface area contributed by atoms with Gasteiger partial charge in [-0.15, -0.1) is 0 Å². The number of rotatable bonds is 6. The molecule has 3 aromatic rings. The van der Waals surface area contributed by atoms with Gasteiger partial charge in [0.2, 0.25) is 0 Å². The first kappa shape index (κ1) is 20.4. The standard InChI is InChI=1S/C22H20Br3NO/c1-14-3-4-15(2)21(9-14)26-12-17-10-19(24)11-20(25)22(17)27-13-16-5-7-18(23)8-6-16/h3-11,26H,12-13H2,1-2H3. The Hall–Kier alpha value is -1.30. The predicted molar refractivity (Wildman–Crippen MR) is 124 cm³/mol. The average molecular weight is 554 g/mol. The highest BCUT2D eigenvalue weighted by Crippen LogP contribution is 2.34. The molecule has 3 rings (SSSR count). The largest absolute Gasteiger partial charge is 0.487 e. The van der Waals surface area contributed by atoms with E-state index in [0.29, 0.717) is 13.2 Å². The van der Waals surface area contributed by atoms with E-state index in [9.17, 15) is 0 Å². The summed E-state index contributed by atoms with van der Waals surface area (Å²) >= 11 is 10.7. The molecule has 140 valence electrons. The molecule has 0 amide bonds. The van der Waals surface area contributed by atoms with E-state index in [0.717, 1.165) is 36.0 Å². The molecule has 0 aromatic heterocycles. The number of hydrogen-bond acceptors (Lipinski definition) is 2. The normalized spacial score (nSPS) is 10.7. The minimum absolute atomic E-state index is 0.518. The molecule has 0 saturated heterocycles. The molecule has 0 atom stereocenters. The van der Waals surface area contributed by atoms with E-state index in [1.165, 1.54) is 11.1 Å². The van der Waals surface area contributed by atoms with Gasteiger partial charge in [-0.3, -0.25) is 0 Å². The Morgan fingerprint density at radius 2 is 1.59 bits per heavy atom. The van der Waals surface area contributed by atoms with E-state index in [1.54, 1.807) is 0 Å². The molecule has 5 heteroatoms. The molecule has 0 unspecified atom stereocenters. The summed E-state index contributed by atoms with van der Waals surface area (Å²) in [6.07, 6.45) is 0. The summed E-state index contributed by atoms with van der Waals surface area (Å²) in [6.45, 7) is 5.42. The molecule has 0 aliphatic carbocycles. The van der Waals surface area contributed by atoms with Crippen molar-refractivity contribution >= 4 is 53.5 Å². The van der Waals surface area contributed by atoms with Crippen molar-refractivity contribution in [3.63, 3.8) is 0 Å². The van der Waals surface area contributed by atoms with Gasteiger partial charge >= 0.3 is 0 Å². The Labute approximate surface area is 185 Å². The zero-order chi connectivity index (χ0) is 19.4. The Balaban J connectivity index is 1.79. The average Bonchev–Trinajstić information content (AvgIpc) is 2.63. The number of ether oxygens (including phenoxy) is 1. The molecule has 2 nitrogen and oxygen atoms in total. The van der Waals surface area contributed by atoms with Gasteiger partial charge in [0.15, 0.2) is 0 Å². The highest BCUT2D eigenvalue weighted by Gasteiger charge is 2.11. The minimum atomic E-state index is 0.518. The summed E-state index contributed by atoms with van der Waals surface area (Å²) in [5.74, 6) is 0.860. The second kappa shape index (κ2) is 9.26. The first-order valence-electron chi connectivity index (χ1n) is 8.58. The molecule has 3 aromatic carbocycles. The SMILES string of the molecule is Cc1ccc(C)c(NCc2cc(Br)cc(Br)c2OCc2ccc(Br)cc2)c1. The maximum atomic E-state index is 6.17. The third-order valence-corrected chi connectivity index (χ3v) is 5.82. The van der Waals surface area contributed by atoms with Crippen molar-refractivity contribution in [2.24, 2.45) is 0 Å². The molecule has 0 fully saturated rings. The summed E-state index contributed by atoms with van der Waals surface area (Å²) in [6, 6.07) is 18.7. The fraction of sp³-hybridized carbons (Fsp3) is 0.182. The van der Waals surface area contributed by atoms with Crippen LogP contribution in [0, 0.1) is 13.8 Å². The van der Waals surface area contributed by atoms with E-state index in [-0.39, 0.29) is 0 Å². The molecule has 0 aliphatic rings. The van der Waals surface area contributed by atoms with Gasteiger partial charge in [0.05, 0.1) is 4.47 Å². The zero-order valence-electron chi connectivity index (χ0n) is 15.2. The molecular weight excluding hydrogens is 534 g/mol. The van der Waals surface area contributed by atoms with Crippen molar-refractivity contribution in [2.45, 2.75) is 27.0 Å². The van der Waals surface area contributed by atoms with Gasteiger partial charge in [0, 0.05) is 26.7 Å². The van der Waals surface area contributed by atoms with Crippen molar-refractivity contribution in [2.75, 3.05) is 5.32 Å². The molecule has 0 bridgehead atoms. The van der Waals surface area contributed by atoms with E-state index in [1.807, 2.05) is 18.2 Å². The van der Waals surface area contributed by atoms with E-state index in [4.69, 9.17) is 4.74 Å². The number of benzene rings is 3. The lowest BCUT2D eigenvalue weighted by Crippen LogP contribution is -2.05. The lowest BCUT2D eigenvalue weighted by molar-refractivity contribution is 0.301. The topological polar surface area (TPSA) is 21.3 Å². The third-order valence-electron chi connectivity index (χ3n) is 4.24. The van der Waals surface area contributed by atoms with Crippen molar-refractivity contribution in [3.8, 4) is 5.75 Å². The van der Waals surface area contributed by atoms with Gasteiger partial charge in [0.1, 0.15) is 12.4 Å². The van der Waals surface area contributed by atoms with Crippen LogP contribution in [-0.2, 0) is 13.2 Å². The minimum Gasteiger partial charge on any atom is -0.487 e. The second-order valence-electron chi connectivity index (χ2n) is 6.46. The second-order valence-corrected chi connectivity index (χ2v) is 9.15. The van der Waals surface area contributed by atoms with Gasteiger partial charge in [-0.05, 0) is 76.8 Å². The van der Waals surface area contributed by atoms with E-state index >= 15 is 0 Å². The Kier molecular flexibility index (Phi) is 7.01. The van der Waals surface area contributed by atoms with Gasteiger partial charge in [0.25, 0.3) is 0 Å². The van der Waals surface area contributed by atoms with Crippen LogP contribution in [0.25, 0.3) is 0 Å². The highest BCUT2D eigenvalue weighted by molar-refractivity contribution is 9.11.